The summed E-state index contributed by atoms with van der Waals surface area (Å²) in [6, 6.07) is -0.419. The molecule has 0 aliphatic carbocycles. The molecule has 0 unspecified atom stereocenters. The van der Waals surface area contributed by atoms with Gasteiger partial charge in [-0.3, -0.25) is 4.99 Å². The largest absolute Gasteiger partial charge is 0.451 e. The van der Waals surface area contributed by atoms with Gasteiger partial charge in [-0.25, -0.2) is 4.99 Å². The van der Waals surface area contributed by atoms with Gasteiger partial charge in [0.1, 0.15) is 0 Å². The van der Waals surface area contributed by atoms with Gasteiger partial charge in [0.2, 0.25) is 5.84 Å². The maximum Gasteiger partial charge on any atom is 0.451 e. The molecule has 64 valence electrons. The van der Waals surface area contributed by atoms with Crippen LogP contribution >= 0.6 is 0 Å². The van der Waals surface area contributed by atoms with Crippen LogP contribution in [-0.4, -0.2) is 24.8 Å². The number of alkyl halides is 3. The molecule has 0 amide bonds. The maximum absolute atomic E-state index is 11.8. The second kappa shape index (κ2) is 3.50. The van der Waals surface area contributed by atoms with Crippen molar-refractivity contribution in [3.63, 3.8) is 0 Å². The van der Waals surface area contributed by atoms with Crippen molar-refractivity contribution < 1.29 is 13.2 Å². The second-order valence-electron chi connectivity index (χ2n) is 2.20. The molecule has 0 radical (unpaired) electrons. The molecule has 0 bridgehead atoms. The van der Waals surface area contributed by atoms with Gasteiger partial charge in [0.15, 0.2) is 0 Å². The van der Waals surface area contributed by atoms with Crippen LogP contribution in [0.3, 0.4) is 0 Å². The molecule has 0 fully saturated rings. The van der Waals surface area contributed by atoms with E-state index >= 15 is 0 Å². The first-order valence-corrected chi connectivity index (χ1v) is 2.99. The maximum atomic E-state index is 11.8. The van der Waals surface area contributed by atoms with E-state index in [1.807, 2.05) is 0 Å². The molecule has 0 saturated heterocycles. The number of aliphatic imine (C=N–C) groups is 2. The average Bonchev–Trinajstić information content (AvgIpc) is 1.79. The van der Waals surface area contributed by atoms with Gasteiger partial charge in [0, 0.05) is 6.04 Å². The number of nitrogens with zero attached hydrogens (tertiary/aromatic N) is 2. The first-order valence-electron chi connectivity index (χ1n) is 2.99. The lowest BCUT2D eigenvalue weighted by Gasteiger charge is -2.05. The minimum absolute atomic E-state index is 0.419. The van der Waals surface area contributed by atoms with Gasteiger partial charge in [-0.2, -0.15) is 13.2 Å². The van der Waals surface area contributed by atoms with Crippen molar-refractivity contribution in [1.29, 1.82) is 0 Å². The fourth-order valence-corrected chi connectivity index (χ4v) is 0.448. The van der Waals surface area contributed by atoms with Gasteiger partial charge in [-0.1, -0.05) is 0 Å². The summed E-state index contributed by atoms with van der Waals surface area (Å²) in [4.78, 5) is 6.00. The lowest BCUT2D eigenvalue weighted by atomic mass is 10.4. The lowest BCUT2D eigenvalue weighted by Crippen LogP contribution is -2.21. The Morgan fingerprint density at radius 1 is 1.36 bits per heavy atom. The summed E-state index contributed by atoms with van der Waals surface area (Å²) in [6.07, 6.45) is -4.48. The van der Waals surface area contributed by atoms with Crippen molar-refractivity contribution in [3.05, 3.63) is 0 Å². The fraction of sp³-hybridized carbons (Fsp3) is 0.667. The van der Waals surface area contributed by atoms with E-state index in [2.05, 4.69) is 16.7 Å². The van der Waals surface area contributed by atoms with Crippen LogP contribution in [0.5, 0.6) is 0 Å². The molecular formula is C6H9F3N2. The first kappa shape index (κ1) is 10.1. The highest BCUT2D eigenvalue weighted by Gasteiger charge is 2.35. The predicted molar refractivity (Wildman–Crippen MR) is 38.2 cm³/mol. The average molecular weight is 166 g/mol. The highest BCUT2D eigenvalue weighted by atomic mass is 19.4. The smallest absolute Gasteiger partial charge is 0.260 e. The Morgan fingerprint density at radius 2 is 1.82 bits per heavy atom. The van der Waals surface area contributed by atoms with Crippen molar-refractivity contribution in [2.75, 3.05) is 0 Å². The van der Waals surface area contributed by atoms with Crippen LogP contribution in [0.4, 0.5) is 13.2 Å². The fourth-order valence-electron chi connectivity index (χ4n) is 0.448. The predicted octanol–water partition coefficient (Wildman–Crippen LogP) is 2.06. The Balaban J connectivity index is 4.54. The number of hydrogen-bond donors (Lipinski definition) is 0. The van der Waals surface area contributed by atoms with Gasteiger partial charge in [-0.05, 0) is 20.6 Å². The summed E-state index contributed by atoms with van der Waals surface area (Å²) >= 11 is 0. The van der Waals surface area contributed by atoms with E-state index in [-0.39, 0.29) is 0 Å². The molecule has 0 aromatic carbocycles. The molecule has 0 heterocycles. The van der Waals surface area contributed by atoms with Crippen LogP contribution in [-0.2, 0) is 0 Å². The summed E-state index contributed by atoms with van der Waals surface area (Å²) in [5, 5.41) is 0. The Labute approximate surface area is 62.9 Å². The quantitative estimate of drug-likeness (QED) is 0.420. The topological polar surface area (TPSA) is 24.7 Å². The molecule has 0 aromatic rings. The Bertz CT molecular complexity index is 169. The third-order valence-electron chi connectivity index (χ3n) is 0.784. The molecule has 0 aromatic heterocycles. The molecular weight excluding hydrogens is 157 g/mol. The number of halogens is 3. The molecule has 0 aliphatic heterocycles. The molecule has 0 N–H and O–H groups in total. The summed E-state index contributed by atoms with van der Waals surface area (Å²) in [5.74, 6) is -1.16. The molecule has 0 atom stereocenters. The zero-order valence-corrected chi connectivity index (χ0v) is 6.31. The van der Waals surface area contributed by atoms with Crippen molar-refractivity contribution in [3.8, 4) is 0 Å². The summed E-state index contributed by atoms with van der Waals surface area (Å²) < 4.78 is 35.4. The van der Waals surface area contributed by atoms with E-state index < -0.39 is 18.1 Å². The standard InChI is InChI=1S/C6H9F3N2/c1-4(2)11-5(10-3)6(7,8)9/h4H,3H2,1-2H3. The Morgan fingerprint density at radius 3 is 1.91 bits per heavy atom. The number of rotatable bonds is 1. The minimum atomic E-state index is -4.48. The summed E-state index contributed by atoms with van der Waals surface area (Å²) in [5.41, 5.74) is 0. The Kier molecular flexibility index (Phi) is 3.22. The van der Waals surface area contributed by atoms with Crippen LogP contribution in [0.2, 0.25) is 0 Å². The molecule has 0 rings (SSSR count). The van der Waals surface area contributed by atoms with Gasteiger partial charge < -0.3 is 0 Å². The van der Waals surface area contributed by atoms with Crippen molar-refractivity contribution >= 4 is 12.6 Å². The van der Waals surface area contributed by atoms with Crippen LogP contribution in [0.25, 0.3) is 0 Å². The summed E-state index contributed by atoms with van der Waals surface area (Å²) in [7, 11) is 0. The number of amidine groups is 1. The van der Waals surface area contributed by atoms with Crippen molar-refractivity contribution in [1.82, 2.24) is 0 Å². The highest BCUT2D eigenvalue weighted by Crippen LogP contribution is 2.18. The second-order valence-corrected chi connectivity index (χ2v) is 2.20. The van der Waals surface area contributed by atoms with E-state index in [1.54, 1.807) is 0 Å². The Hall–Kier alpha value is -0.870. The monoisotopic (exact) mass is 166 g/mol. The van der Waals surface area contributed by atoms with E-state index in [4.69, 9.17) is 0 Å². The normalized spacial score (nSPS) is 13.8. The van der Waals surface area contributed by atoms with Gasteiger partial charge in [0.05, 0.1) is 0 Å². The van der Waals surface area contributed by atoms with Crippen LogP contribution in [0.15, 0.2) is 9.98 Å². The van der Waals surface area contributed by atoms with E-state index in [1.165, 1.54) is 13.8 Å². The van der Waals surface area contributed by atoms with E-state index in [0.29, 0.717) is 0 Å². The minimum Gasteiger partial charge on any atom is -0.260 e. The molecule has 0 spiro atoms. The van der Waals surface area contributed by atoms with Gasteiger partial charge >= 0.3 is 6.18 Å². The summed E-state index contributed by atoms with van der Waals surface area (Å²) in [6.45, 7) is 5.86. The van der Waals surface area contributed by atoms with E-state index in [9.17, 15) is 13.2 Å². The third kappa shape index (κ3) is 3.75. The van der Waals surface area contributed by atoms with Gasteiger partial charge in [-0.15, -0.1) is 0 Å². The van der Waals surface area contributed by atoms with Crippen LogP contribution in [0, 0.1) is 0 Å². The molecule has 11 heavy (non-hydrogen) atoms. The molecule has 2 nitrogen and oxygen atoms in total. The SMILES string of the molecule is C=NC(=NC(C)C)C(F)(F)F. The lowest BCUT2D eigenvalue weighted by molar-refractivity contribution is -0.0599. The van der Waals surface area contributed by atoms with Gasteiger partial charge in [0.25, 0.3) is 0 Å². The van der Waals surface area contributed by atoms with E-state index in [0.717, 1.165) is 0 Å². The zero-order valence-electron chi connectivity index (χ0n) is 6.31. The van der Waals surface area contributed by atoms with Crippen LogP contribution < -0.4 is 0 Å². The molecule has 5 heteroatoms. The van der Waals surface area contributed by atoms with Crippen LogP contribution in [0.1, 0.15) is 13.8 Å². The van der Waals surface area contributed by atoms with Crippen molar-refractivity contribution in [2.45, 2.75) is 26.1 Å². The molecule has 0 saturated carbocycles. The van der Waals surface area contributed by atoms with Crippen molar-refractivity contribution in [2.24, 2.45) is 9.98 Å². The third-order valence-corrected chi connectivity index (χ3v) is 0.784. The first-order chi connectivity index (χ1) is 4.88. The zero-order chi connectivity index (χ0) is 9.07. The highest BCUT2D eigenvalue weighted by molar-refractivity contribution is 5.91. The number of hydrogen-bond acceptors (Lipinski definition) is 1. The molecule has 0 aliphatic rings.